The van der Waals surface area contributed by atoms with Crippen molar-refractivity contribution in [3.8, 4) is 11.5 Å². The number of halogens is 1. The summed E-state index contributed by atoms with van der Waals surface area (Å²) < 4.78 is 10.6. The lowest BCUT2D eigenvalue weighted by molar-refractivity contribution is 0.0946. The molecule has 8 heteroatoms. The van der Waals surface area contributed by atoms with Gasteiger partial charge in [0.15, 0.2) is 17.3 Å². The molecule has 2 aromatic carbocycles. The minimum Gasteiger partial charge on any atom is -0.493 e. The molecule has 0 bridgehead atoms. The van der Waals surface area contributed by atoms with E-state index in [1.165, 1.54) is 14.2 Å². The van der Waals surface area contributed by atoms with Crippen LogP contribution in [0.5, 0.6) is 11.5 Å². The largest absolute Gasteiger partial charge is 0.493 e. The van der Waals surface area contributed by atoms with Gasteiger partial charge in [0, 0.05) is 23.5 Å². The van der Waals surface area contributed by atoms with Gasteiger partial charge in [0.05, 0.1) is 31.8 Å². The third-order valence-electron chi connectivity index (χ3n) is 5.14. The van der Waals surface area contributed by atoms with Crippen molar-refractivity contribution in [1.29, 1.82) is 0 Å². The molecule has 0 atom stereocenters. The molecule has 0 aliphatic carbocycles. The lowest BCUT2D eigenvalue weighted by atomic mass is 10.1. The van der Waals surface area contributed by atoms with Crippen molar-refractivity contribution in [3.63, 3.8) is 0 Å². The molecule has 1 aromatic heterocycles. The highest BCUT2D eigenvalue weighted by atomic mass is 35.5. The zero-order chi connectivity index (χ0) is 21.1. The van der Waals surface area contributed by atoms with Gasteiger partial charge in [0.2, 0.25) is 0 Å². The fourth-order valence-electron chi connectivity index (χ4n) is 3.70. The topological polar surface area (TPSA) is 76.6 Å². The van der Waals surface area contributed by atoms with Gasteiger partial charge in [-0.2, -0.15) is 0 Å². The number of benzene rings is 2. The molecule has 0 radical (unpaired) electrons. The first-order valence-corrected chi connectivity index (χ1v) is 10.2. The minimum absolute atomic E-state index is 0.193. The van der Waals surface area contributed by atoms with Crippen LogP contribution >= 0.6 is 11.6 Å². The molecule has 1 saturated heterocycles. The molecule has 2 heterocycles. The second-order valence-electron chi connectivity index (χ2n) is 7.04. The van der Waals surface area contributed by atoms with Crippen molar-refractivity contribution >= 4 is 34.2 Å². The number of carbonyl (C=O) groups excluding carboxylic acids is 1. The van der Waals surface area contributed by atoms with Crippen molar-refractivity contribution in [2.75, 3.05) is 32.2 Å². The first kappa shape index (κ1) is 20.2. The van der Waals surface area contributed by atoms with E-state index < -0.39 is 0 Å². The van der Waals surface area contributed by atoms with Gasteiger partial charge in [0.1, 0.15) is 5.82 Å². The molecule has 0 unspecified atom stereocenters. The van der Waals surface area contributed by atoms with Crippen LogP contribution in [0.4, 0.5) is 5.82 Å². The van der Waals surface area contributed by atoms with Gasteiger partial charge in [-0.1, -0.05) is 17.7 Å². The maximum absolute atomic E-state index is 12.8. The minimum atomic E-state index is -0.284. The third-order valence-corrected chi connectivity index (χ3v) is 5.38. The van der Waals surface area contributed by atoms with Gasteiger partial charge in [-0.15, -0.1) is 0 Å². The van der Waals surface area contributed by atoms with E-state index in [1.807, 2.05) is 18.2 Å². The van der Waals surface area contributed by atoms with Crippen LogP contribution in [-0.2, 0) is 6.54 Å². The van der Waals surface area contributed by atoms with Gasteiger partial charge < -0.3 is 19.7 Å². The number of ether oxygens (including phenoxy) is 2. The standard InChI is InChI=1S/C22H23ClN4O3/c1-29-18-7-5-6-15(20(18)30-2)22(28)24-13-19-25-17-9-8-14(23)12-16(17)21(26-19)27-10-3-4-11-27/h5-9,12H,3-4,10-11,13H2,1-2H3,(H,24,28). The van der Waals surface area contributed by atoms with E-state index in [0.717, 1.165) is 42.7 Å². The zero-order valence-electron chi connectivity index (χ0n) is 16.9. The highest BCUT2D eigenvalue weighted by molar-refractivity contribution is 6.31. The Morgan fingerprint density at radius 3 is 2.67 bits per heavy atom. The molecule has 0 spiro atoms. The number of hydrogen-bond acceptors (Lipinski definition) is 6. The normalized spacial score (nSPS) is 13.5. The zero-order valence-corrected chi connectivity index (χ0v) is 17.7. The maximum Gasteiger partial charge on any atom is 0.255 e. The molecule has 4 rings (SSSR count). The fraction of sp³-hybridized carbons (Fsp3) is 0.318. The first-order chi connectivity index (χ1) is 14.6. The highest BCUT2D eigenvalue weighted by Gasteiger charge is 2.20. The van der Waals surface area contributed by atoms with Crippen LogP contribution in [0, 0.1) is 0 Å². The average Bonchev–Trinajstić information content (AvgIpc) is 3.31. The summed E-state index contributed by atoms with van der Waals surface area (Å²) >= 11 is 6.21. The summed E-state index contributed by atoms with van der Waals surface area (Å²) in [5.41, 5.74) is 1.20. The van der Waals surface area contributed by atoms with Crippen LogP contribution in [0.3, 0.4) is 0 Å². The predicted octanol–water partition coefficient (Wildman–Crippen LogP) is 3.83. The predicted molar refractivity (Wildman–Crippen MR) is 117 cm³/mol. The van der Waals surface area contributed by atoms with Gasteiger partial charge in [-0.3, -0.25) is 4.79 Å². The summed E-state index contributed by atoms with van der Waals surface area (Å²) in [5.74, 6) is 2.02. The Labute approximate surface area is 180 Å². The van der Waals surface area contributed by atoms with Gasteiger partial charge in [0.25, 0.3) is 5.91 Å². The summed E-state index contributed by atoms with van der Waals surface area (Å²) in [6, 6.07) is 10.8. The molecule has 1 fully saturated rings. The molecule has 0 saturated carbocycles. The Morgan fingerprint density at radius 2 is 1.93 bits per heavy atom. The molecule has 1 N–H and O–H groups in total. The van der Waals surface area contributed by atoms with Crippen LogP contribution < -0.4 is 19.7 Å². The molecule has 30 heavy (non-hydrogen) atoms. The van der Waals surface area contributed by atoms with Gasteiger partial charge in [-0.25, -0.2) is 9.97 Å². The quantitative estimate of drug-likeness (QED) is 0.645. The summed E-state index contributed by atoms with van der Waals surface area (Å²) in [6.45, 7) is 2.09. The summed E-state index contributed by atoms with van der Waals surface area (Å²) in [6.07, 6.45) is 2.27. The van der Waals surface area contributed by atoms with Gasteiger partial charge >= 0.3 is 0 Å². The number of rotatable bonds is 6. The molecular formula is C22H23ClN4O3. The van der Waals surface area contributed by atoms with Crippen molar-refractivity contribution in [1.82, 2.24) is 15.3 Å². The first-order valence-electron chi connectivity index (χ1n) is 9.81. The van der Waals surface area contributed by atoms with Crippen LogP contribution in [0.2, 0.25) is 5.02 Å². The molecule has 156 valence electrons. The molecule has 1 aliphatic heterocycles. The SMILES string of the molecule is COc1cccc(C(=O)NCc2nc(N3CCCC3)c3cc(Cl)ccc3n2)c1OC. The van der Waals surface area contributed by atoms with Crippen molar-refractivity contribution < 1.29 is 14.3 Å². The third kappa shape index (κ3) is 3.98. The number of nitrogens with one attached hydrogen (secondary N) is 1. The molecule has 1 amide bonds. The monoisotopic (exact) mass is 426 g/mol. The van der Waals surface area contributed by atoms with Crippen molar-refractivity contribution in [2.24, 2.45) is 0 Å². The van der Waals surface area contributed by atoms with Crippen molar-refractivity contribution in [2.45, 2.75) is 19.4 Å². The van der Waals surface area contributed by atoms with E-state index in [0.29, 0.717) is 27.9 Å². The number of hydrogen-bond donors (Lipinski definition) is 1. The Morgan fingerprint density at radius 1 is 1.13 bits per heavy atom. The lowest BCUT2D eigenvalue weighted by Gasteiger charge is -2.19. The van der Waals surface area contributed by atoms with Crippen LogP contribution in [0.15, 0.2) is 36.4 Å². The van der Waals surface area contributed by atoms with Crippen LogP contribution in [0.1, 0.15) is 29.0 Å². The van der Waals surface area contributed by atoms with E-state index in [-0.39, 0.29) is 12.5 Å². The number of nitrogens with zero attached hydrogens (tertiary/aromatic N) is 3. The molecular weight excluding hydrogens is 404 g/mol. The number of para-hydroxylation sites is 1. The summed E-state index contributed by atoms with van der Waals surface area (Å²) in [4.78, 5) is 24.4. The van der Waals surface area contributed by atoms with Crippen LogP contribution in [-0.4, -0.2) is 43.2 Å². The number of fused-ring (bicyclic) bond motifs is 1. The lowest BCUT2D eigenvalue weighted by Crippen LogP contribution is -2.26. The van der Waals surface area contributed by atoms with E-state index >= 15 is 0 Å². The average molecular weight is 427 g/mol. The molecule has 3 aromatic rings. The van der Waals surface area contributed by atoms with E-state index in [1.54, 1.807) is 18.2 Å². The van der Waals surface area contributed by atoms with E-state index in [4.69, 9.17) is 26.1 Å². The van der Waals surface area contributed by atoms with Crippen LogP contribution in [0.25, 0.3) is 10.9 Å². The second kappa shape index (κ2) is 8.75. The second-order valence-corrected chi connectivity index (χ2v) is 7.48. The highest BCUT2D eigenvalue weighted by Crippen LogP contribution is 2.31. The summed E-state index contributed by atoms with van der Waals surface area (Å²) in [7, 11) is 3.04. The number of amides is 1. The number of carbonyl (C=O) groups is 1. The molecule has 1 aliphatic rings. The number of aromatic nitrogens is 2. The van der Waals surface area contributed by atoms with Crippen molar-refractivity contribution in [3.05, 3.63) is 52.8 Å². The van der Waals surface area contributed by atoms with E-state index in [2.05, 4.69) is 15.2 Å². The summed E-state index contributed by atoms with van der Waals surface area (Å²) in [5, 5.41) is 4.47. The van der Waals surface area contributed by atoms with E-state index in [9.17, 15) is 4.79 Å². The fourth-order valence-corrected chi connectivity index (χ4v) is 3.87. The Balaban J connectivity index is 1.62. The smallest absolute Gasteiger partial charge is 0.255 e. The Bertz CT molecular complexity index is 1080. The van der Waals surface area contributed by atoms with Gasteiger partial charge in [-0.05, 0) is 43.2 Å². The maximum atomic E-state index is 12.8. The Kier molecular flexibility index (Phi) is 5.90. The number of methoxy groups -OCH3 is 2. The number of anilines is 1. The Hall–Kier alpha value is -3.06. The molecule has 7 nitrogen and oxygen atoms in total.